The van der Waals surface area contributed by atoms with Gasteiger partial charge < -0.3 is 9.80 Å². The molecule has 2 bridgehead atoms. The molecule has 0 aliphatic carbocycles. The van der Waals surface area contributed by atoms with Crippen LogP contribution in [-0.2, 0) is 14.6 Å². The van der Waals surface area contributed by atoms with E-state index in [4.69, 9.17) is 0 Å². The van der Waals surface area contributed by atoms with Crippen molar-refractivity contribution >= 4 is 37.5 Å². The van der Waals surface area contributed by atoms with E-state index >= 15 is 0 Å². The zero-order chi connectivity index (χ0) is 20.6. The van der Waals surface area contributed by atoms with E-state index in [1.807, 2.05) is 24.1 Å². The molecule has 0 saturated carbocycles. The van der Waals surface area contributed by atoms with Crippen molar-refractivity contribution in [3.63, 3.8) is 0 Å². The normalized spacial score (nSPS) is 21.4. The number of hydrogen-bond acceptors (Lipinski definition) is 5. The van der Waals surface area contributed by atoms with Crippen LogP contribution in [-0.4, -0.2) is 55.1 Å². The number of amides is 1. The molecule has 2 aliphatic heterocycles. The lowest BCUT2D eigenvalue weighted by atomic mass is 10.1. The van der Waals surface area contributed by atoms with Crippen molar-refractivity contribution < 1.29 is 13.2 Å². The fourth-order valence-electron chi connectivity index (χ4n) is 4.25. The SMILES string of the molecule is Cc1ccc(N2C3CCC2CN(C(=O)CCS(=O)(=O)c2cccc(Br)c2)C3)nc1. The van der Waals surface area contributed by atoms with Crippen LogP contribution in [0.4, 0.5) is 5.82 Å². The molecule has 6 nitrogen and oxygen atoms in total. The number of fused-ring (bicyclic) bond motifs is 2. The van der Waals surface area contributed by atoms with Crippen molar-refractivity contribution in [1.29, 1.82) is 0 Å². The molecule has 29 heavy (non-hydrogen) atoms. The number of likely N-dealkylation sites (tertiary alicyclic amines) is 1. The van der Waals surface area contributed by atoms with Gasteiger partial charge in [-0.3, -0.25) is 4.79 Å². The minimum absolute atomic E-state index is 0.0110. The van der Waals surface area contributed by atoms with Crippen LogP contribution in [0, 0.1) is 6.92 Å². The number of aromatic nitrogens is 1. The Bertz CT molecular complexity index is 996. The van der Waals surface area contributed by atoms with Crippen molar-refractivity contribution in [2.45, 2.75) is 43.2 Å². The van der Waals surface area contributed by atoms with Gasteiger partial charge in [0.05, 0.1) is 10.6 Å². The molecule has 2 aromatic rings. The molecule has 8 heteroatoms. The highest BCUT2D eigenvalue weighted by Crippen LogP contribution is 2.34. The van der Waals surface area contributed by atoms with E-state index in [1.54, 1.807) is 24.3 Å². The third-order valence-electron chi connectivity index (χ3n) is 5.74. The number of hydrogen-bond donors (Lipinski definition) is 0. The Morgan fingerprint density at radius 1 is 1.17 bits per heavy atom. The molecule has 2 unspecified atom stereocenters. The molecule has 1 aromatic heterocycles. The van der Waals surface area contributed by atoms with Gasteiger partial charge in [-0.15, -0.1) is 0 Å². The molecule has 154 valence electrons. The van der Waals surface area contributed by atoms with Gasteiger partial charge in [-0.2, -0.15) is 0 Å². The summed E-state index contributed by atoms with van der Waals surface area (Å²) in [7, 11) is -3.48. The number of rotatable bonds is 5. The number of aryl methyl sites for hydroxylation is 1. The zero-order valence-electron chi connectivity index (χ0n) is 16.3. The Morgan fingerprint density at radius 3 is 2.52 bits per heavy atom. The first-order valence-corrected chi connectivity index (χ1v) is 12.2. The smallest absolute Gasteiger partial charge is 0.223 e. The molecule has 2 aliphatic rings. The van der Waals surface area contributed by atoms with Gasteiger partial charge in [0, 0.05) is 42.3 Å². The third kappa shape index (κ3) is 4.33. The highest BCUT2D eigenvalue weighted by atomic mass is 79.9. The predicted octanol–water partition coefficient (Wildman–Crippen LogP) is 3.20. The topological polar surface area (TPSA) is 70.6 Å². The second-order valence-electron chi connectivity index (χ2n) is 7.81. The van der Waals surface area contributed by atoms with Gasteiger partial charge in [0.2, 0.25) is 5.91 Å². The van der Waals surface area contributed by atoms with Crippen LogP contribution in [0.25, 0.3) is 0 Å². The summed E-state index contributed by atoms with van der Waals surface area (Å²) in [5, 5.41) is 0. The monoisotopic (exact) mass is 477 g/mol. The molecule has 2 fully saturated rings. The number of halogens is 1. The summed E-state index contributed by atoms with van der Waals surface area (Å²) in [6, 6.07) is 11.2. The second-order valence-corrected chi connectivity index (χ2v) is 10.8. The number of carbonyl (C=O) groups excluding carboxylic acids is 1. The third-order valence-corrected chi connectivity index (χ3v) is 7.94. The van der Waals surface area contributed by atoms with E-state index in [0.717, 1.165) is 24.2 Å². The number of carbonyl (C=O) groups is 1. The van der Waals surface area contributed by atoms with E-state index in [0.29, 0.717) is 17.6 Å². The van der Waals surface area contributed by atoms with Crippen molar-refractivity contribution in [3.05, 3.63) is 52.6 Å². The van der Waals surface area contributed by atoms with Gasteiger partial charge in [0.25, 0.3) is 0 Å². The van der Waals surface area contributed by atoms with Gasteiger partial charge in [0.1, 0.15) is 5.82 Å². The van der Waals surface area contributed by atoms with Crippen molar-refractivity contribution in [2.24, 2.45) is 0 Å². The van der Waals surface area contributed by atoms with Gasteiger partial charge >= 0.3 is 0 Å². The minimum Gasteiger partial charge on any atom is -0.347 e. The lowest BCUT2D eigenvalue weighted by Gasteiger charge is -2.41. The number of pyridine rings is 1. The molecule has 1 aromatic carbocycles. The first kappa shape index (κ1) is 20.3. The molecule has 0 spiro atoms. The Kier molecular flexibility index (Phi) is 5.66. The first-order chi connectivity index (χ1) is 13.8. The average molecular weight is 478 g/mol. The van der Waals surface area contributed by atoms with E-state index < -0.39 is 9.84 Å². The maximum Gasteiger partial charge on any atom is 0.223 e. The summed E-state index contributed by atoms with van der Waals surface area (Å²) in [5.74, 6) is 0.710. The van der Waals surface area contributed by atoms with Crippen LogP contribution in [0.15, 0.2) is 52.0 Å². The maximum absolute atomic E-state index is 12.8. The quantitative estimate of drug-likeness (QED) is 0.660. The first-order valence-electron chi connectivity index (χ1n) is 9.80. The van der Waals surface area contributed by atoms with E-state index in [9.17, 15) is 13.2 Å². The number of piperazine rings is 1. The lowest BCUT2D eigenvalue weighted by molar-refractivity contribution is -0.131. The number of sulfone groups is 1. The van der Waals surface area contributed by atoms with E-state index in [1.165, 1.54) is 0 Å². The van der Waals surface area contributed by atoms with Gasteiger partial charge in [-0.05, 0) is 49.6 Å². The molecule has 3 heterocycles. The summed E-state index contributed by atoms with van der Waals surface area (Å²) in [5.41, 5.74) is 1.13. The van der Waals surface area contributed by atoms with Gasteiger partial charge in [0.15, 0.2) is 9.84 Å². The summed E-state index contributed by atoms with van der Waals surface area (Å²) in [4.78, 5) is 21.7. The van der Waals surface area contributed by atoms with Gasteiger partial charge in [-0.25, -0.2) is 13.4 Å². The van der Waals surface area contributed by atoms with E-state index in [2.05, 4.69) is 31.9 Å². The molecule has 0 radical (unpaired) electrons. The van der Waals surface area contributed by atoms with Crippen molar-refractivity contribution in [1.82, 2.24) is 9.88 Å². The van der Waals surface area contributed by atoms with E-state index in [-0.39, 0.29) is 35.1 Å². The molecular formula is C21H24BrN3O3S. The molecule has 0 N–H and O–H groups in total. The highest BCUT2D eigenvalue weighted by molar-refractivity contribution is 9.10. The zero-order valence-corrected chi connectivity index (χ0v) is 18.7. The Morgan fingerprint density at radius 2 is 1.90 bits per heavy atom. The van der Waals surface area contributed by atoms with Crippen molar-refractivity contribution in [2.75, 3.05) is 23.7 Å². The Labute approximate surface area is 180 Å². The summed E-state index contributed by atoms with van der Waals surface area (Å²) in [6.45, 7) is 3.27. The summed E-state index contributed by atoms with van der Waals surface area (Å²) in [6.07, 6.45) is 3.94. The van der Waals surface area contributed by atoms with Gasteiger partial charge in [-0.1, -0.05) is 28.1 Å². The van der Waals surface area contributed by atoms with Crippen LogP contribution >= 0.6 is 15.9 Å². The largest absolute Gasteiger partial charge is 0.347 e. The number of benzene rings is 1. The van der Waals surface area contributed by atoms with Crippen LogP contribution in [0.1, 0.15) is 24.8 Å². The minimum atomic E-state index is -3.48. The molecule has 4 rings (SSSR count). The number of anilines is 1. The average Bonchev–Trinajstić information content (AvgIpc) is 2.96. The lowest BCUT2D eigenvalue weighted by Crippen LogP contribution is -2.55. The molecular weight excluding hydrogens is 454 g/mol. The second kappa shape index (κ2) is 8.07. The summed E-state index contributed by atoms with van der Waals surface area (Å²) < 4.78 is 25.8. The fourth-order valence-corrected chi connectivity index (χ4v) is 6.07. The maximum atomic E-state index is 12.8. The molecule has 1 amide bonds. The van der Waals surface area contributed by atoms with Crippen LogP contribution < -0.4 is 4.90 Å². The Hall–Kier alpha value is -1.93. The predicted molar refractivity (Wildman–Crippen MR) is 116 cm³/mol. The van der Waals surface area contributed by atoms with Crippen LogP contribution in [0.2, 0.25) is 0 Å². The molecule has 2 saturated heterocycles. The van der Waals surface area contributed by atoms with Crippen LogP contribution in [0.5, 0.6) is 0 Å². The Balaban J connectivity index is 1.39. The fraction of sp³-hybridized carbons (Fsp3) is 0.429. The number of nitrogens with zero attached hydrogens (tertiary/aromatic N) is 3. The van der Waals surface area contributed by atoms with Crippen LogP contribution in [0.3, 0.4) is 0 Å². The van der Waals surface area contributed by atoms with Crippen molar-refractivity contribution in [3.8, 4) is 0 Å². The molecule has 2 atom stereocenters. The summed E-state index contributed by atoms with van der Waals surface area (Å²) >= 11 is 3.30. The standard InChI is InChI=1S/C21H24BrN3O3S/c1-15-5-8-20(23-12-15)25-17-6-7-18(25)14-24(13-17)21(26)9-10-29(27,28)19-4-2-3-16(22)11-19/h2-5,8,11-12,17-18H,6-7,9-10,13-14H2,1H3. The highest BCUT2D eigenvalue weighted by Gasteiger charge is 2.41.